The Bertz CT molecular complexity index is 359. The second-order valence-corrected chi connectivity index (χ2v) is 6.42. The maximum atomic E-state index is 6.19. The molecule has 0 saturated heterocycles. The van der Waals surface area contributed by atoms with Gasteiger partial charge >= 0.3 is 0 Å². The van der Waals surface area contributed by atoms with Crippen molar-refractivity contribution in [2.24, 2.45) is 11.7 Å². The Hall–Kier alpha value is -0.380. The number of benzene rings is 1. The summed E-state index contributed by atoms with van der Waals surface area (Å²) >= 11 is 3.48. The fraction of sp³-hybridized carbons (Fsp3) is 0.600. The van der Waals surface area contributed by atoms with Gasteiger partial charge in [0.05, 0.1) is 0 Å². The number of nitrogens with two attached hydrogens (primary N) is 1. The largest absolute Gasteiger partial charge is 0.326 e. The van der Waals surface area contributed by atoms with E-state index >= 15 is 0 Å². The van der Waals surface area contributed by atoms with Gasteiger partial charge in [-0.2, -0.15) is 0 Å². The van der Waals surface area contributed by atoms with Crippen LogP contribution in [0.5, 0.6) is 0 Å². The van der Waals surface area contributed by atoms with Crippen LogP contribution in [-0.2, 0) is 0 Å². The van der Waals surface area contributed by atoms with Crippen LogP contribution in [0.3, 0.4) is 0 Å². The molecule has 0 fully saturated rings. The lowest BCUT2D eigenvalue weighted by atomic mass is 9.95. The summed E-state index contributed by atoms with van der Waals surface area (Å²) in [5, 5.41) is 0. The highest BCUT2D eigenvalue weighted by Gasteiger charge is 2.26. The van der Waals surface area contributed by atoms with Crippen molar-refractivity contribution in [3.05, 3.63) is 34.3 Å². The molecule has 1 rings (SSSR count). The Kier molecular flexibility index (Phi) is 5.83. The molecule has 2 nitrogen and oxygen atoms in total. The summed E-state index contributed by atoms with van der Waals surface area (Å²) in [5.41, 5.74) is 7.47. The molecule has 1 aromatic rings. The minimum absolute atomic E-state index is 0.109. The van der Waals surface area contributed by atoms with E-state index in [4.69, 9.17) is 5.73 Å². The van der Waals surface area contributed by atoms with Gasteiger partial charge in [0.15, 0.2) is 0 Å². The van der Waals surface area contributed by atoms with E-state index in [2.05, 4.69) is 79.8 Å². The fourth-order valence-electron chi connectivity index (χ4n) is 2.29. The third kappa shape index (κ3) is 3.81. The zero-order valence-corrected chi connectivity index (χ0v) is 13.6. The van der Waals surface area contributed by atoms with Crippen LogP contribution in [0.1, 0.15) is 39.3 Å². The summed E-state index contributed by atoms with van der Waals surface area (Å²) in [6.07, 6.45) is 0. The second-order valence-electron chi connectivity index (χ2n) is 5.51. The number of nitrogens with zero attached hydrogens (tertiary/aromatic N) is 1. The Balaban J connectivity index is 2.99. The average molecular weight is 313 g/mol. The van der Waals surface area contributed by atoms with Crippen LogP contribution >= 0.6 is 15.9 Å². The molecule has 0 bridgehead atoms. The van der Waals surface area contributed by atoms with E-state index < -0.39 is 0 Å². The Morgan fingerprint density at radius 3 is 1.94 bits per heavy atom. The van der Waals surface area contributed by atoms with Crippen LogP contribution in [0.4, 0.5) is 0 Å². The van der Waals surface area contributed by atoms with Crippen LogP contribution in [0, 0.1) is 5.92 Å². The fourth-order valence-corrected chi connectivity index (χ4v) is 2.56. The smallest absolute Gasteiger partial charge is 0.0496 e. The van der Waals surface area contributed by atoms with Gasteiger partial charge in [0.25, 0.3) is 0 Å². The van der Waals surface area contributed by atoms with Gasteiger partial charge in [-0.25, -0.2) is 0 Å². The van der Waals surface area contributed by atoms with Crippen molar-refractivity contribution in [1.82, 2.24) is 4.90 Å². The molecule has 3 heteroatoms. The summed E-state index contributed by atoms with van der Waals surface area (Å²) in [6, 6.07) is 9.35. The molecule has 0 aromatic heterocycles. The minimum atomic E-state index is 0.109. The summed E-state index contributed by atoms with van der Waals surface area (Å²) in [7, 11) is 2.17. The van der Waals surface area contributed by atoms with Crippen LogP contribution in [-0.4, -0.2) is 24.0 Å². The average Bonchev–Trinajstić information content (AvgIpc) is 2.30. The standard InChI is InChI=1S/C15H25BrN2/c1-10(2)12(4)18(5)15(11(3)17)13-6-8-14(16)9-7-13/h6-12,15H,17H2,1-5H3. The molecule has 2 N–H and O–H groups in total. The maximum Gasteiger partial charge on any atom is 0.0496 e. The summed E-state index contributed by atoms with van der Waals surface area (Å²) in [6.45, 7) is 8.84. The van der Waals surface area contributed by atoms with Gasteiger partial charge in [0.1, 0.15) is 0 Å². The zero-order valence-electron chi connectivity index (χ0n) is 12.0. The maximum absolute atomic E-state index is 6.19. The first-order valence-electron chi connectivity index (χ1n) is 6.57. The Morgan fingerprint density at radius 1 is 1.06 bits per heavy atom. The van der Waals surface area contributed by atoms with E-state index in [9.17, 15) is 0 Å². The van der Waals surface area contributed by atoms with Gasteiger partial charge in [-0.05, 0) is 44.5 Å². The number of hydrogen-bond donors (Lipinski definition) is 1. The SMILES string of the molecule is CC(C)C(C)N(C)C(c1ccc(Br)cc1)C(C)N. The third-order valence-corrected chi connectivity index (χ3v) is 4.28. The molecule has 0 radical (unpaired) electrons. The molecule has 18 heavy (non-hydrogen) atoms. The van der Waals surface area contributed by atoms with Gasteiger partial charge in [-0.15, -0.1) is 0 Å². The Morgan fingerprint density at radius 2 is 1.56 bits per heavy atom. The first kappa shape index (κ1) is 15.7. The van der Waals surface area contributed by atoms with E-state index in [1.165, 1.54) is 5.56 Å². The molecule has 3 atom stereocenters. The van der Waals surface area contributed by atoms with Crippen LogP contribution < -0.4 is 5.73 Å². The van der Waals surface area contributed by atoms with Gasteiger partial charge in [-0.3, -0.25) is 4.90 Å². The first-order chi connectivity index (χ1) is 8.34. The molecule has 0 heterocycles. The lowest BCUT2D eigenvalue weighted by Crippen LogP contribution is -2.43. The van der Waals surface area contributed by atoms with Crippen molar-refractivity contribution < 1.29 is 0 Å². The molecular weight excluding hydrogens is 288 g/mol. The van der Waals surface area contributed by atoms with E-state index in [1.54, 1.807) is 0 Å². The summed E-state index contributed by atoms with van der Waals surface area (Å²) in [4.78, 5) is 2.39. The molecule has 0 aliphatic carbocycles. The summed E-state index contributed by atoms with van der Waals surface area (Å²) in [5.74, 6) is 0.617. The van der Waals surface area contributed by atoms with E-state index in [0.717, 1.165) is 4.47 Å². The van der Waals surface area contributed by atoms with Crippen molar-refractivity contribution in [2.75, 3.05) is 7.05 Å². The van der Waals surface area contributed by atoms with E-state index in [1.807, 2.05) is 0 Å². The van der Waals surface area contributed by atoms with Crippen LogP contribution in [0.15, 0.2) is 28.7 Å². The monoisotopic (exact) mass is 312 g/mol. The van der Waals surface area contributed by atoms with Crippen molar-refractivity contribution in [1.29, 1.82) is 0 Å². The van der Waals surface area contributed by atoms with E-state index in [0.29, 0.717) is 12.0 Å². The van der Waals surface area contributed by atoms with Crippen molar-refractivity contribution in [3.8, 4) is 0 Å². The molecule has 0 spiro atoms. The number of likely N-dealkylation sites (N-methyl/N-ethyl adjacent to an activating group) is 1. The first-order valence-corrected chi connectivity index (χ1v) is 7.37. The van der Waals surface area contributed by atoms with Crippen LogP contribution in [0.2, 0.25) is 0 Å². The topological polar surface area (TPSA) is 29.3 Å². The highest BCUT2D eigenvalue weighted by Crippen LogP contribution is 2.27. The van der Waals surface area contributed by atoms with Gasteiger partial charge in [-0.1, -0.05) is 41.9 Å². The molecule has 3 unspecified atom stereocenters. The summed E-state index contributed by atoms with van der Waals surface area (Å²) < 4.78 is 1.11. The minimum Gasteiger partial charge on any atom is -0.326 e. The lowest BCUT2D eigenvalue weighted by molar-refractivity contribution is 0.133. The number of rotatable bonds is 5. The van der Waals surface area contributed by atoms with Crippen LogP contribution in [0.25, 0.3) is 0 Å². The van der Waals surface area contributed by atoms with Gasteiger partial charge in [0.2, 0.25) is 0 Å². The predicted molar refractivity (Wildman–Crippen MR) is 82.6 cm³/mol. The number of halogens is 1. The van der Waals surface area contributed by atoms with Crippen molar-refractivity contribution in [2.45, 2.75) is 45.8 Å². The highest BCUT2D eigenvalue weighted by molar-refractivity contribution is 9.10. The number of hydrogen-bond acceptors (Lipinski definition) is 2. The molecule has 0 amide bonds. The van der Waals surface area contributed by atoms with E-state index in [-0.39, 0.29) is 12.1 Å². The predicted octanol–water partition coefficient (Wildman–Crippen LogP) is 3.81. The lowest BCUT2D eigenvalue weighted by Gasteiger charge is -2.37. The normalized spacial score (nSPS) is 16.9. The molecule has 0 aliphatic heterocycles. The quantitative estimate of drug-likeness (QED) is 0.895. The molecule has 0 aliphatic rings. The van der Waals surface area contributed by atoms with Crippen molar-refractivity contribution in [3.63, 3.8) is 0 Å². The zero-order chi connectivity index (χ0) is 13.9. The Labute approximate surface area is 120 Å². The third-order valence-electron chi connectivity index (χ3n) is 3.76. The highest BCUT2D eigenvalue weighted by atomic mass is 79.9. The molecular formula is C15H25BrN2. The van der Waals surface area contributed by atoms with Gasteiger partial charge < -0.3 is 5.73 Å². The molecule has 102 valence electrons. The van der Waals surface area contributed by atoms with Gasteiger partial charge in [0, 0.05) is 22.6 Å². The second kappa shape index (κ2) is 6.69. The molecule has 1 aromatic carbocycles. The van der Waals surface area contributed by atoms with Crippen molar-refractivity contribution >= 4 is 15.9 Å². The molecule has 0 saturated carbocycles.